The Balaban J connectivity index is 2.06. The van der Waals surface area contributed by atoms with Gasteiger partial charge in [-0.25, -0.2) is 14.4 Å². The number of carbonyl (C=O) groups excluding carboxylic acids is 3. The Hall–Kier alpha value is -2.43. The first kappa shape index (κ1) is 22.9. The van der Waals surface area contributed by atoms with Crippen LogP contribution in [0.3, 0.4) is 0 Å². The predicted octanol–water partition coefficient (Wildman–Crippen LogP) is 2.80. The van der Waals surface area contributed by atoms with E-state index < -0.39 is 29.8 Å². The van der Waals surface area contributed by atoms with E-state index in [2.05, 4.69) is 5.92 Å². The van der Waals surface area contributed by atoms with E-state index in [1.165, 1.54) is 19.1 Å². The van der Waals surface area contributed by atoms with E-state index in [1.807, 2.05) is 0 Å². The van der Waals surface area contributed by atoms with E-state index in [4.69, 9.17) is 20.6 Å². The minimum atomic E-state index is -0.799. The summed E-state index contributed by atoms with van der Waals surface area (Å²) < 4.78 is 16.0. The number of carbonyl (C=O) groups is 3. The van der Waals surface area contributed by atoms with E-state index >= 15 is 0 Å². The van der Waals surface area contributed by atoms with E-state index in [0.717, 1.165) is 12.8 Å². The predicted molar refractivity (Wildman–Crippen MR) is 106 cm³/mol. The van der Waals surface area contributed by atoms with Crippen LogP contribution in [0.1, 0.15) is 53.4 Å². The lowest BCUT2D eigenvalue weighted by Crippen LogP contribution is -2.48. The topological polar surface area (TPSA) is 85.4 Å². The molecule has 2 fully saturated rings. The third-order valence-corrected chi connectivity index (χ3v) is 5.60. The molecule has 162 valence electrons. The Kier molecular flexibility index (Phi) is 7.04. The molecule has 8 nitrogen and oxygen atoms in total. The van der Waals surface area contributed by atoms with Crippen molar-refractivity contribution in [2.24, 2.45) is 5.92 Å². The van der Waals surface area contributed by atoms with Gasteiger partial charge in [0.25, 0.3) is 0 Å². The summed E-state index contributed by atoms with van der Waals surface area (Å²) in [6, 6.07) is -1.29. The zero-order valence-electron chi connectivity index (χ0n) is 18.1. The second-order valence-corrected chi connectivity index (χ2v) is 8.70. The Bertz CT molecular complexity index is 680. The van der Waals surface area contributed by atoms with Crippen molar-refractivity contribution in [3.8, 4) is 12.3 Å². The zero-order valence-corrected chi connectivity index (χ0v) is 18.1. The number of likely N-dealkylation sites (tertiary alicyclic amines) is 1. The van der Waals surface area contributed by atoms with Crippen LogP contribution in [-0.2, 0) is 19.0 Å². The number of amides is 2. The van der Waals surface area contributed by atoms with Gasteiger partial charge in [-0.15, -0.1) is 6.42 Å². The average Bonchev–Trinajstić information content (AvgIpc) is 3.04. The summed E-state index contributed by atoms with van der Waals surface area (Å²) in [6.07, 6.45) is 7.07. The van der Waals surface area contributed by atoms with Gasteiger partial charge in [0.1, 0.15) is 17.7 Å². The molecule has 1 saturated heterocycles. The number of terminal acetylenes is 1. The van der Waals surface area contributed by atoms with Gasteiger partial charge in [0.15, 0.2) is 0 Å². The van der Waals surface area contributed by atoms with Gasteiger partial charge in [-0.05, 0) is 53.4 Å². The molecule has 1 aliphatic heterocycles. The van der Waals surface area contributed by atoms with Crippen LogP contribution in [0.4, 0.5) is 9.59 Å². The van der Waals surface area contributed by atoms with Crippen LogP contribution in [0.2, 0.25) is 0 Å². The van der Waals surface area contributed by atoms with Crippen LogP contribution in [0.15, 0.2) is 0 Å². The Morgan fingerprint density at radius 1 is 1.24 bits per heavy atom. The van der Waals surface area contributed by atoms with Crippen molar-refractivity contribution in [1.29, 1.82) is 0 Å². The molecule has 1 saturated carbocycles. The highest BCUT2D eigenvalue weighted by atomic mass is 16.6. The lowest BCUT2D eigenvalue weighted by atomic mass is 9.82. The summed E-state index contributed by atoms with van der Waals surface area (Å²) >= 11 is 0. The number of fused-ring (bicyclic) bond motifs is 1. The molecule has 0 aromatic carbocycles. The van der Waals surface area contributed by atoms with Gasteiger partial charge in [-0.1, -0.05) is 5.92 Å². The van der Waals surface area contributed by atoms with Gasteiger partial charge in [0.2, 0.25) is 0 Å². The second-order valence-electron chi connectivity index (χ2n) is 8.70. The van der Waals surface area contributed by atoms with Gasteiger partial charge < -0.3 is 14.2 Å². The summed E-state index contributed by atoms with van der Waals surface area (Å²) in [5.74, 6) is 2.10. The molecule has 0 spiro atoms. The first-order valence-corrected chi connectivity index (χ1v) is 9.98. The van der Waals surface area contributed by atoms with Gasteiger partial charge in [-0.3, -0.25) is 9.80 Å². The maximum atomic E-state index is 12.7. The molecule has 1 aliphatic carbocycles. The van der Waals surface area contributed by atoms with Gasteiger partial charge >= 0.3 is 18.2 Å². The number of likely N-dealkylation sites (N-methyl/N-ethyl adjacent to an activating group) is 1. The largest absolute Gasteiger partial charge is 0.460 e. The van der Waals surface area contributed by atoms with Crippen molar-refractivity contribution in [3.63, 3.8) is 0 Å². The zero-order chi connectivity index (χ0) is 21.9. The molecule has 0 radical (unpaired) electrons. The fourth-order valence-corrected chi connectivity index (χ4v) is 4.02. The second kappa shape index (κ2) is 8.93. The van der Waals surface area contributed by atoms with Gasteiger partial charge in [0.05, 0.1) is 13.2 Å². The van der Waals surface area contributed by atoms with E-state index in [-0.39, 0.29) is 24.1 Å². The van der Waals surface area contributed by atoms with Crippen LogP contribution in [0, 0.1) is 18.3 Å². The Morgan fingerprint density at radius 2 is 1.90 bits per heavy atom. The fraction of sp³-hybridized carbons (Fsp3) is 0.762. The van der Waals surface area contributed by atoms with Crippen molar-refractivity contribution in [1.82, 2.24) is 9.80 Å². The number of esters is 1. The lowest BCUT2D eigenvalue weighted by Gasteiger charge is -2.37. The van der Waals surface area contributed by atoms with Crippen LogP contribution < -0.4 is 0 Å². The molecule has 2 rings (SSSR count). The number of methoxy groups -OCH3 is 1. The number of hydrogen-bond donors (Lipinski definition) is 0. The summed E-state index contributed by atoms with van der Waals surface area (Å²) in [4.78, 5) is 40.0. The average molecular weight is 408 g/mol. The molecule has 8 heteroatoms. The third-order valence-electron chi connectivity index (χ3n) is 5.60. The van der Waals surface area contributed by atoms with Crippen LogP contribution in [-0.4, -0.2) is 71.9 Å². The van der Waals surface area contributed by atoms with Crippen molar-refractivity contribution in [3.05, 3.63) is 0 Å². The van der Waals surface area contributed by atoms with Crippen molar-refractivity contribution >= 4 is 18.2 Å². The third kappa shape index (κ3) is 5.14. The van der Waals surface area contributed by atoms with E-state index in [9.17, 15) is 14.4 Å². The molecule has 0 aromatic heterocycles. The van der Waals surface area contributed by atoms with Gasteiger partial charge in [-0.2, -0.15) is 0 Å². The summed E-state index contributed by atoms with van der Waals surface area (Å²) in [6.45, 7) is 6.89. The maximum Gasteiger partial charge on any atom is 0.410 e. The van der Waals surface area contributed by atoms with Gasteiger partial charge in [0, 0.05) is 19.0 Å². The molecule has 2 unspecified atom stereocenters. The van der Waals surface area contributed by atoms with Crippen LogP contribution in [0.5, 0.6) is 0 Å². The molecule has 2 amide bonds. The SMILES string of the molecule is C#CC1C[C@H]2[C@@H](OC(=O)C(C)N(C)C(=O)OC(C)(C)C)CCC[C@H]2N1C(=O)OC. The molecule has 29 heavy (non-hydrogen) atoms. The van der Waals surface area contributed by atoms with Crippen LogP contribution >= 0.6 is 0 Å². The van der Waals surface area contributed by atoms with Crippen molar-refractivity contribution < 1.29 is 28.6 Å². The number of rotatable bonds is 3. The first-order valence-electron chi connectivity index (χ1n) is 9.98. The highest BCUT2D eigenvalue weighted by Crippen LogP contribution is 2.41. The maximum absolute atomic E-state index is 12.7. The van der Waals surface area contributed by atoms with E-state index in [1.54, 1.807) is 32.6 Å². The molecule has 1 heterocycles. The number of nitrogens with zero attached hydrogens (tertiary/aromatic N) is 2. The van der Waals surface area contributed by atoms with E-state index in [0.29, 0.717) is 12.8 Å². The Morgan fingerprint density at radius 3 is 2.45 bits per heavy atom. The molecular weight excluding hydrogens is 376 g/mol. The fourth-order valence-electron chi connectivity index (χ4n) is 4.02. The summed E-state index contributed by atoms with van der Waals surface area (Å²) in [5.41, 5.74) is -0.656. The highest BCUT2D eigenvalue weighted by Gasteiger charge is 2.50. The minimum Gasteiger partial charge on any atom is -0.460 e. The quantitative estimate of drug-likeness (QED) is 0.406. The summed E-state index contributed by atoms with van der Waals surface area (Å²) in [7, 11) is 2.84. The number of hydrogen-bond acceptors (Lipinski definition) is 6. The lowest BCUT2D eigenvalue weighted by molar-refractivity contribution is -0.159. The smallest absolute Gasteiger partial charge is 0.410 e. The molecule has 0 aromatic rings. The van der Waals surface area contributed by atoms with Crippen molar-refractivity contribution in [2.75, 3.05) is 14.2 Å². The Labute approximate surface area is 172 Å². The molecule has 0 bridgehead atoms. The number of ether oxygens (including phenoxy) is 3. The first-order chi connectivity index (χ1) is 13.5. The molecule has 2 aliphatic rings. The standard InChI is InChI=1S/C21H32N2O6/c1-8-14-12-15-16(23(14)20(26)27-7)10-9-11-17(15)28-18(24)13(2)22(6)19(25)29-21(3,4)5/h1,13-17H,9-12H2,2-7H3/t13?,14?,15-,16-,17+/m1/s1. The molecular formula is C21H32N2O6. The summed E-state index contributed by atoms with van der Waals surface area (Å²) in [5, 5.41) is 0. The van der Waals surface area contributed by atoms with Crippen LogP contribution in [0.25, 0.3) is 0 Å². The normalized spacial score (nSPS) is 27.3. The van der Waals surface area contributed by atoms with Crippen molar-refractivity contribution in [2.45, 2.75) is 83.2 Å². The molecule has 0 N–H and O–H groups in total. The minimum absolute atomic E-state index is 0.0492. The molecule has 5 atom stereocenters. The highest BCUT2D eigenvalue weighted by molar-refractivity contribution is 5.81. The monoisotopic (exact) mass is 408 g/mol.